The van der Waals surface area contributed by atoms with Crippen molar-refractivity contribution in [3.8, 4) is 0 Å². The SMILES string of the molecule is COCCSC(=O)C(C)(C)COC1CCC1. The Kier molecular flexibility index (Phi) is 5.79. The lowest BCUT2D eigenvalue weighted by Crippen LogP contribution is -2.32. The molecule has 0 atom stereocenters. The van der Waals surface area contributed by atoms with Crippen LogP contribution in [0.5, 0.6) is 0 Å². The smallest absolute Gasteiger partial charge is 0.196 e. The van der Waals surface area contributed by atoms with E-state index in [0.717, 1.165) is 18.6 Å². The predicted octanol–water partition coefficient (Wildman–Crippen LogP) is 2.49. The molecule has 0 aromatic heterocycles. The Bertz CT molecular complexity index is 224. The van der Waals surface area contributed by atoms with Crippen LogP contribution in [0.25, 0.3) is 0 Å². The number of carbonyl (C=O) groups is 1. The van der Waals surface area contributed by atoms with Gasteiger partial charge in [-0.2, -0.15) is 0 Å². The topological polar surface area (TPSA) is 35.5 Å². The fourth-order valence-electron chi connectivity index (χ4n) is 1.34. The standard InChI is InChI=1S/C12H22O3S/c1-12(2,9-15-10-5-4-6-10)11(13)16-8-7-14-3/h10H,4-9H2,1-3H3. The van der Waals surface area contributed by atoms with Crippen molar-refractivity contribution < 1.29 is 14.3 Å². The second-order valence-corrected chi connectivity index (χ2v) is 5.94. The van der Waals surface area contributed by atoms with Crippen molar-refractivity contribution in [2.45, 2.75) is 39.2 Å². The maximum Gasteiger partial charge on any atom is 0.196 e. The summed E-state index contributed by atoms with van der Waals surface area (Å²) in [6.45, 7) is 5.06. The fourth-order valence-corrected chi connectivity index (χ4v) is 2.22. The molecule has 1 fully saturated rings. The van der Waals surface area contributed by atoms with Gasteiger partial charge in [-0.3, -0.25) is 4.79 Å². The van der Waals surface area contributed by atoms with Crippen molar-refractivity contribution >= 4 is 16.9 Å². The zero-order valence-corrected chi connectivity index (χ0v) is 11.3. The molecule has 0 aliphatic heterocycles. The summed E-state index contributed by atoms with van der Waals surface area (Å²) in [5, 5.41) is 0.198. The lowest BCUT2D eigenvalue weighted by Gasteiger charge is -2.30. The molecule has 0 bridgehead atoms. The first kappa shape index (κ1) is 14.0. The first-order valence-corrected chi connectivity index (χ1v) is 6.82. The van der Waals surface area contributed by atoms with Crippen molar-refractivity contribution in [2.75, 3.05) is 26.1 Å². The van der Waals surface area contributed by atoms with Crippen molar-refractivity contribution in [2.24, 2.45) is 5.41 Å². The molecule has 1 aliphatic carbocycles. The molecule has 0 heterocycles. The Hall–Kier alpha value is -0.0600. The van der Waals surface area contributed by atoms with Crippen molar-refractivity contribution in [1.29, 1.82) is 0 Å². The molecule has 4 heteroatoms. The molecule has 1 rings (SSSR count). The van der Waals surface area contributed by atoms with E-state index in [0.29, 0.717) is 19.3 Å². The van der Waals surface area contributed by atoms with Crippen LogP contribution in [0.1, 0.15) is 33.1 Å². The quantitative estimate of drug-likeness (QED) is 0.647. The molecule has 0 saturated heterocycles. The second-order valence-electron chi connectivity index (χ2n) is 4.88. The zero-order chi connectivity index (χ0) is 12.0. The van der Waals surface area contributed by atoms with Crippen LogP contribution in [0.2, 0.25) is 0 Å². The van der Waals surface area contributed by atoms with E-state index in [1.807, 2.05) is 13.8 Å². The first-order chi connectivity index (χ1) is 7.56. The normalized spacial score (nSPS) is 17.2. The summed E-state index contributed by atoms with van der Waals surface area (Å²) < 4.78 is 10.6. The lowest BCUT2D eigenvalue weighted by atomic mass is 9.94. The second kappa shape index (κ2) is 6.62. The molecule has 94 valence electrons. The third kappa shape index (κ3) is 4.44. The molecular formula is C12H22O3S. The number of thioether (sulfide) groups is 1. The number of carbonyl (C=O) groups excluding carboxylic acids is 1. The van der Waals surface area contributed by atoms with Gasteiger partial charge in [0.15, 0.2) is 5.12 Å². The van der Waals surface area contributed by atoms with E-state index in [-0.39, 0.29) is 10.5 Å². The number of methoxy groups -OCH3 is 1. The molecule has 0 amide bonds. The maximum atomic E-state index is 11.9. The van der Waals surface area contributed by atoms with Gasteiger partial charge in [-0.25, -0.2) is 0 Å². The van der Waals surface area contributed by atoms with Crippen molar-refractivity contribution in [3.05, 3.63) is 0 Å². The minimum absolute atomic E-state index is 0.198. The first-order valence-electron chi connectivity index (χ1n) is 5.84. The Morgan fingerprint density at radius 3 is 2.62 bits per heavy atom. The number of hydrogen-bond donors (Lipinski definition) is 0. The Labute approximate surface area is 102 Å². The van der Waals surface area contributed by atoms with Crippen LogP contribution in [0.3, 0.4) is 0 Å². The van der Waals surface area contributed by atoms with Gasteiger partial charge in [0.25, 0.3) is 0 Å². The molecule has 0 radical (unpaired) electrons. The molecule has 16 heavy (non-hydrogen) atoms. The Morgan fingerprint density at radius 2 is 2.12 bits per heavy atom. The minimum atomic E-state index is -0.381. The summed E-state index contributed by atoms with van der Waals surface area (Å²) in [5.41, 5.74) is -0.381. The molecular weight excluding hydrogens is 224 g/mol. The third-order valence-corrected chi connectivity index (χ3v) is 3.99. The van der Waals surface area contributed by atoms with Crippen LogP contribution in [0.4, 0.5) is 0 Å². The molecule has 1 aliphatic rings. The summed E-state index contributed by atoms with van der Waals surface area (Å²) >= 11 is 1.34. The van der Waals surface area contributed by atoms with Gasteiger partial charge in [0.05, 0.1) is 24.7 Å². The molecule has 0 unspecified atom stereocenters. The van der Waals surface area contributed by atoms with Gasteiger partial charge >= 0.3 is 0 Å². The summed E-state index contributed by atoms with van der Waals surface area (Å²) in [6.07, 6.45) is 3.97. The molecule has 0 N–H and O–H groups in total. The Balaban J connectivity index is 2.21. The summed E-state index contributed by atoms with van der Waals surface area (Å²) in [6, 6.07) is 0. The Morgan fingerprint density at radius 1 is 1.44 bits per heavy atom. The van der Waals surface area contributed by atoms with Crippen molar-refractivity contribution in [1.82, 2.24) is 0 Å². The lowest BCUT2D eigenvalue weighted by molar-refractivity contribution is -0.124. The average molecular weight is 246 g/mol. The fraction of sp³-hybridized carbons (Fsp3) is 0.917. The van der Waals surface area contributed by atoms with E-state index < -0.39 is 0 Å². The van der Waals surface area contributed by atoms with E-state index in [9.17, 15) is 4.79 Å². The van der Waals surface area contributed by atoms with Crippen LogP contribution in [-0.2, 0) is 14.3 Å². The average Bonchev–Trinajstić information content (AvgIpc) is 2.15. The largest absolute Gasteiger partial charge is 0.384 e. The van der Waals surface area contributed by atoms with E-state index in [1.165, 1.54) is 18.2 Å². The summed E-state index contributed by atoms with van der Waals surface area (Å²) in [7, 11) is 1.65. The number of ether oxygens (including phenoxy) is 2. The molecule has 0 spiro atoms. The molecule has 0 aromatic rings. The van der Waals surface area contributed by atoms with E-state index >= 15 is 0 Å². The monoisotopic (exact) mass is 246 g/mol. The van der Waals surface area contributed by atoms with Crippen LogP contribution >= 0.6 is 11.8 Å². The number of hydrogen-bond acceptors (Lipinski definition) is 4. The van der Waals surface area contributed by atoms with Gasteiger partial charge < -0.3 is 9.47 Å². The highest BCUT2D eigenvalue weighted by molar-refractivity contribution is 8.13. The van der Waals surface area contributed by atoms with Gasteiger partial charge in [0.1, 0.15) is 0 Å². The van der Waals surface area contributed by atoms with Gasteiger partial charge in [-0.15, -0.1) is 0 Å². The summed E-state index contributed by atoms with van der Waals surface area (Å²) in [5.74, 6) is 0.724. The van der Waals surface area contributed by atoms with Gasteiger partial charge in [0.2, 0.25) is 0 Å². The van der Waals surface area contributed by atoms with Crippen LogP contribution < -0.4 is 0 Å². The van der Waals surface area contributed by atoms with Crippen LogP contribution in [0, 0.1) is 5.41 Å². The minimum Gasteiger partial charge on any atom is -0.384 e. The van der Waals surface area contributed by atoms with Gasteiger partial charge in [-0.1, -0.05) is 11.8 Å². The number of rotatable bonds is 7. The summed E-state index contributed by atoms with van der Waals surface area (Å²) in [4.78, 5) is 11.9. The predicted molar refractivity (Wildman–Crippen MR) is 66.7 cm³/mol. The van der Waals surface area contributed by atoms with Gasteiger partial charge in [0, 0.05) is 12.9 Å². The molecule has 0 aromatic carbocycles. The van der Waals surface area contributed by atoms with E-state index in [4.69, 9.17) is 9.47 Å². The van der Waals surface area contributed by atoms with E-state index in [2.05, 4.69) is 0 Å². The van der Waals surface area contributed by atoms with Gasteiger partial charge in [-0.05, 0) is 33.1 Å². The third-order valence-electron chi connectivity index (χ3n) is 2.81. The van der Waals surface area contributed by atoms with Crippen LogP contribution in [0.15, 0.2) is 0 Å². The molecule has 1 saturated carbocycles. The highest BCUT2D eigenvalue weighted by Gasteiger charge is 2.30. The zero-order valence-electron chi connectivity index (χ0n) is 10.5. The maximum absolute atomic E-state index is 11.9. The highest BCUT2D eigenvalue weighted by atomic mass is 32.2. The highest BCUT2D eigenvalue weighted by Crippen LogP contribution is 2.28. The molecule has 3 nitrogen and oxygen atoms in total. The van der Waals surface area contributed by atoms with Crippen molar-refractivity contribution in [3.63, 3.8) is 0 Å². The van der Waals surface area contributed by atoms with E-state index in [1.54, 1.807) is 7.11 Å². The van der Waals surface area contributed by atoms with Crippen LogP contribution in [-0.4, -0.2) is 37.3 Å².